The summed E-state index contributed by atoms with van der Waals surface area (Å²) in [6.07, 6.45) is 1.10. The van der Waals surface area contributed by atoms with E-state index in [0.29, 0.717) is 6.04 Å². The molecule has 1 nitrogen and oxygen atoms in total. The zero-order valence-electron chi connectivity index (χ0n) is 10.9. The SMILES string of the molecule is CNC(C)CC(C)(C)c1ccc(C)c(Cl)c1. The third kappa shape index (κ3) is 3.23. The van der Waals surface area contributed by atoms with Crippen molar-refractivity contribution in [1.29, 1.82) is 0 Å². The summed E-state index contributed by atoms with van der Waals surface area (Å²) >= 11 is 6.17. The van der Waals surface area contributed by atoms with Crippen LogP contribution in [-0.2, 0) is 5.41 Å². The first kappa shape index (κ1) is 13.5. The molecule has 0 aromatic heterocycles. The quantitative estimate of drug-likeness (QED) is 0.840. The van der Waals surface area contributed by atoms with Gasteiger partial charge in [0, 0.05) is 11.1 Å². The van der Waals surface area contributed by atoms with Crippen LogP contribution in [0.1, 0.15) is 38.3 Å². The van der Waals surface area contributed by atoms with Crippen LogP contribution in [0.2, 0.25) is 5.02 Å². The third-order valence-electron chi connectivity index (χ3n) is 3.26. The number of hydrogen-bond acceptors (Lipinski definition) is 1. The number of hydrogen-bond donors (Lipinski definition) is 1. The summed E-state index contributed by atoms with van der Waals surface area (Å²) in [4.78, 5) is 0. The second kappa shape index (κ2) is 5.20. The lowest BCUT2D eigenvalue weighted by molar-refractivity contribution is 0.405. The summed E-state index contributed by atoms with van der Waals surface area (Å²) in [5.41, 5.74) is 2.60. The first-order valence-electron chi connectivity index (χ1n) is 5.80. The summed E-state index contributed by atoms with van der Waals surface area (Å²) < 4.78 is 0. The first-order valence-corrected chi connectivity index (χ1v) is 6.18. The number of benzene rings is 1. The summed E-state index contributed by atoms with van der Waals surface area (Å²) in [6, 6.07) is 6.89. The van der Waals surface area contributed by atoms with E-state index in [-0.39, 0.29) is 5.41 Å². The van der Waals surface area contributed by atoms with Gasteiger partial charge in [-0.05, 0) is 49.9 Å². The summed E-state index contributed by atoms with van der Waals surface area (Å²) in [6.45, 7) is 8.77. The minimum absolute atomic E-state index is 0.153. The van der Waals surface area contributed by atoms with E-state index in [1.54, 1.807) is 0 Å². The normalized spacial score (nSPS) is 13.9. The Kier molecular flexibility index (Phi) is 4.40. The molecule has 0 aliphatic heterocycles. The van der Waals surface area contributed by atoms with E-state index in [1.165, 1.54) is 5.56 Å². The Balaban J connectivity index is 2.93. The largest absolute Gasteiger partial charge is 0.317 e. The smallest absolute Gasteiger partial charge is 0.0438 e. The Morgan fingerprint density at radius 2 is 2.00 bits per heavy atom. The molecule has 0 fully saturated rings. The van der Waals surface area contributed by atoms with Gasteiger partial charge in [0.05, 0.1) is 0 Å². The van der Waals surface area contributed by atoms with Crippen LogP contribution < -0.4 is 5.32 Å². The Morgan fingerprint density at radius 1 is 1.38 bits per heavy atom. The van der Waals surface area contributed by atoms with Crippen molar-refractivity contribution in [1.82, 2.24) is 5.32 Å². The van der Waals surface area contributed by atoms with Crippen molar-refractivity contribution in [2.24, 2.45) is 0 Å². The van der Waals surface area contributed by atoms with Crippen LogP contribution in [0.5, 0.6) is 0 Å². The molecule has 0 saturated carbocycles. The molecule has 1 aromatic carbocycles. The standard InChI is InChI=1S/C14H22ClN/c1-10-6-7-12(8-13(10)15)14(3,4)9-11(2)16-5/h6-8,11,16H,9H2,1-5H3. The Morgan fingerprint density at radius 3 is 2.50 bits per heavy atom. The van der Waals surface area contributed by atoms with Gasteiger partial charge >= 0.3 is 0 Å². The molecule has 0 heterocycles. The highest BCUT2D eigenvalue weighted by Crippen LogP contribution is 2.31. The van der Waals surface area contributed by atoms with Crippen LogP contribution in [0.4, 0.5) is 0 Å². The zero-order valence-corrected chi connectivity index (χ0v) is 11.7. The minimum atomic E-state index is 0.153. The molecular weight excluding hydrogens is 218 g/mol. The molecular formula is C14H22ClN. The Hall–Kier alpha value is -0.530. The van der Waals surface area contributed by atoms with E-state index in [0.717, 1.165) is 17.0 Å². The van der Waals surface area contributed by atoms with E-state index >= 15 is 0 Å². The molecule has 1 atom stereocenters. The van der Waals surface area contributed by atoms with E-state index in [4.69, 9.17) is 11.6 Å². The second-order valence-corrected chi connectivity index (χ2v) is 5.65. The predicted molar refractivity (Wildman–Crippen MR) is 72.4 cm³/mol. The monoisotopic (exact) mass is 239 g/mol. The van der Waals surface area contributed by atoms with Crippen LogP contribution >= 0.6 is 11.6 Å². The maximum absolute atomic E-state index is 6.17. The fourth-order valence-corrected chi connectivity index (χ4v) is 2.18. The van der Waals surface area contributed by atoms with Gasteiger partial charge in [-0.3, -0.25) is 0 Å². The third-order valence-corrected chi connectivity index (χ3v) is 3.67. The van der Waals surface area contributed by atoms with Gasteiger partial charge in [-0.15, -0.1) is 0 Å². The molecule has 0 aliphatic rings. The average molecular weight is 240 g/mol. The van der Waals surface area contributed by atoms with E-state index < -0.39 is 0 Å². The first-order chi connectivity index (χ1) is 7.36. The van der Waals surface area contributed by atoms with Crippen molar-refractivity contribution in [3.63, 3.8) is 0 Å². The molecule has 0 spiro atoms. The van der Waals surface area contributed by atoms with Gasteiger partial charge in [-0.2, -0.15) is 0 Å². The maximum Gasteiger partial charge on any atom is 0.0438 e. The molecule has 1 aromatic rings. The lowest BCUT2D eigenvalue weighted by Gasteiger charge is -2.29. The van der Waals surface area contributed by atoms with E-state index in [1.807, 2.05) is 14.0 Å². The molecule has 1 unspecified atom stereocenters. The molecule has 0 bridgehead atoms. The molecule has 0 amide bonds. The Labute approximate surface area is 104 Å². The topological polar surface area (TPSA) is 12.0 Å². The van der Waals surface area contributed by atoms with Crippen molar-refractivity contribution in [2.75, 3.05) is 7.05 Å². The molecule has 1 rings (SSSR count). The minimum Gasteiger partial charge on any atom is -0.317 e. The molecule has 2 heteroatoms. The summed E-state index contributed by atoms with van der Waals surface area (Å²) in [5, 5.41) is 4.15. The van der Waals surface area contributed by atoms with Gasteiger partial charge in [0.15, 0.2) is 0 Å². The molecule has 0 saturated heterocycles. The zero-order chi connectivity index (χ0) is 12.3. The van der Waals surface area contributed by atoms with Gasteiger partial charge in [-0.1, -0.05) is 37.6 Å². The molecule has 0 radical (unpaired) electrons. The highest BCUT2D eigenvalue weighted by molar-refractivity contribution is 6.31. The van der Waals surface area contributed by atoms with Gasteiger partial charge in [0.2, 0.25) is 0 Å². The van der Waals surface area contributed by atoms with Gasteiger partial charge < -0.3 is 5.32 Å². The molecule has 16 heavy (non-hydrogen) atoms. The molecule has 90 valence electrons. The highest BCUT2D eigenvalue weighted by Gasteiger charge is 2.23. The van der Waals surface area contributed by atoms with Crippen LogP contribution in [0.3, 0.4) is 0 Å². The van der Waals surface area contributed by atoms with Crippen molar-refractivity contribution in [3.05, 3.63) is 34.3 Å². The molecule has 0 aliphatic carbocycles. The van der Waals surface area contributed by atoms with Crippen LogP contribution in [0, 0.1) is 6.92 Å². The lowest BCUT2D eigenvalue weighted by Crippen LogP contribution is -2.30. The number of aryl methyl sites for hydroxylation is 1. The van der Waals surface area contributed by atoms with Crippen LogP contribution in [0.15, 0.2) is 18.2 Å². The highest BCUT2D eigenvalue weighted by atomic mass is 35.5. The number of halogens is 1. The van der Waals surface area contributed by atoms with Crippen LogP contribution in [-0.4, -0.2) is 13.1 Å². The lowest BCUT2D eigenvalue weighted by atomic mass is 9.79. The maximum atomic E-state index is 6.17. The van der Waals surface area contributed by atoms with Crippen LogP contribution in [0.25, 0.3) is 0 Å². The summed E-state index contributed by atoms with van der Waals surface area (Å²) in [7, 11) is 2.00. The Bertz CT molecular complexity index is 358. The van der Waals surface area contributed by atoms with Gasteiger partial charge in [0.1, 0.15) is 0 Å². The van der Waals surface area contributed by atoms with Gasteiger partial charge in [-0.25, -0.2) is 0 Å². The average Bonchev–Trinajstić information content (AvgIpc) is 2.21. The summed E-state index contributed by atoms with van der Waals surface area (Å²) in [5.74, 6) is 0. The van der Waals surface area contributed by atoms with Gasteiger partial charge in [0.25, 0.3) is 0 Å². The second-order valence-electron chi connectivity index (χ2n) is 5.24. The van der Waals surface area contributed by atoms with E-state index in [2.05, 4.69) is 44.3 Å². The predicted octanol–water partition coefficient (Wildman–Crippen LogP) is 3.92. The van der Waals surface area contributed by atoms with E-state index in [9.17, 15) is 0 Å². The number of nitrogens with one attached hydrogen (secondary N) is 1. The van der Waals surface area contributed by atoms with Crippen molar-refractivity contribution >= 4 is 11.6 Å². The number of rotatable bonds is 4. The fraction of sp³-hybridized carbons (Fsp3) is 0.571. The van der Waals surface area contributed by atoms with Crippen molar-refractivity contribution < 1.29 is 0 Å². The van der Waals surface area contributed by atoms with Crippen molar-refractivity contribution in [2.45, 2.75) is 45.6 Å². The molecule has 1 N–H and O–H groups in total. The fourth-order valence-electron chi connectivity index (χ4n) is 2.00. The van der Waals surface area contributed by atoms with Crippen molar-refractivity contribution in [3.8, 4) is 0 Å².